The molecule has 172 valence electrons. The molecule has 0 spiro atoms. The highest BCUT2D eigenvalue weighted by molar-refractivity contribution is 7.71. The number of hydrogen-bond acceptors (Lipinski definition) is 6. The molecule has 0 unspecified atom stereocenters. The summed E-state index contributed by atoms with van der Waals surface area (Å²) in [4.78, 5) is 14.2. The summed E-state index contributed by atoms with van der Waals surface area (Å²) in [6.07, 6.45) is -0.776. The van der Waals surface area contributed by atoms with Gasteiger partial charge in [-0.15, -0.1) is 5.10 Å². The van der Waals surface area contributed by atoms with E-state index >= 15 is 0 Å². The maximum absolute atomic E-state index is 13.6. The second-order valence-corrected chi connectivity index (χ2v) is 8.11. The van der Waals surface area contributed by atoms with Crippen molar-refractivity contribution in [3.63, 3.8) is 0 Å². The number of esters is 1. The first-order valence-corrected chi connectivity index (χ1v) is 11.1. The summed E-state index contributed by atoms with van der Waals surface area (Å²) >= 11 is 5.82. The van der Waals surface area contributed by atoms with Crippen molar-refractivity contribution >= 4 is 23.9 Å². The van der Waals surface area contributed by atoms with Crippen molar-refractivity contribution in [2.24, 2.45) is 0 Å². The predicted octanol–water partition coefficient (Wildman–Crippen LogP) is 4.61. The Balaban J connectivity index is 1.59. The average molecular weight is 477 g/mol. The largest absolute Gasteiger partial charge is 0.475 e. The third-order valence-electron chi connectivity index (χ3n) is 5.59. The zero-order valence-electron chi connectivity index (χ0n) is 18.3. The number of aromatic nitrogens is 3. The Bertz CT molecular complexity index is 1390. The van der Waals surface area contributed by atoms with Crippen LogP contribution in [0, 0.1) is 10.6 Å². The minimum Gasteiger partial charge on any atom is -0.475 e. The van der Waals surface area contributed by atoms with Gasteiger partial charge in [-0.05, 0) is 48.6 Å². The Morgan fingerprint density at radius 3 is 2.53 bits per heavy atom. The molecular formula is C25H21FN4O3S. The maximum atomic E-state index is 13.6. The summed E-state index contributed by atoms with van der Waals surface area (Å²) in [5, 5.41) is 4.82. The molecule has 0 amide bonds. The number of ether oxygens (including phenoxy) is 2. The van der Waals surface area contributed by atoms with Gasteiger partial charge in [-0.25, -0.2) is 13.9 Å². The lowest BCUT2D eigenvalue weighted by molar-refractivity contribution is -0.148. The van der Waals surface area contributed by atoms with Gasteiger partial charge in [0.2, 0.25) is 10.9 Å². The molecule has 0 saturated heterocycles. The molecule has 1 aromatic heterocycles. The number of methoxy groups -OCH3 is 1. The van der Waals surface area contributed by atoms with Crippen LogP contribution in [0.25, 0.3) is 17.1 Å². The van der Waals surface area contributed by atoms with Crippen LogP contribution in [0.1, 0.15) is 0 Å². The van der Waals surface area contributed by atoms with Crippen LogP contribution in [0.5, 0.6) is 5.75 Å². The molecule has 1 atom stereocenters. The van der Waals surface area contributed by atoms with Crippen molar-refractivity contribution in [3.05, 3.63) is 89.5 Å². The molecule has 0 N–H and O–H groups in total. The Kier molecular flexibility index (Phi) is 5.85. The number of benzene rings is 3. The smallest absolute Gasteiger partial charge is 0.348 e. The number of fused-ring (bicyclic) bond motifs is 1. The third kappa shape index (κ3) is 4.06. The van der Waals surface area contributed by atoms with Crippen molar-refractivity contribution in [1.82, 2.24) is 14.3 Å². The van der Waals surface area contributed by atoms with Crippen LogP contribution in [-0.2, 0) is 16.2 Å². The van der Waals surface area contributed by atoms with Crippen molar-refractivity contribution in [2.45, 2.75) is 12.8 Å². The van der Waals surface area contributed by atoms with Crippen LogP contribution in [0.15, 0.2) is 78.9 Å². The van der Waals surface area contributed by atoms with Crippen LogP contribution in [0.2, 0.25) is 0 Å². The summed E-state index contributed by atoms with van der Waals surface area (Å²) in [5.74, 6) is 0.424. The molecule has 2 heterocycles. The number of anilines is 1. The van der Waals surface area contributed by atoms with Crippen LogP contribution < -0.4 is 9.64 Å². The van der Waals surface area contributed by atoms with E-state index in [1.165, 1.54) is 19.2 Å². The van der Waals surface area contributed by atoms with E-state index in [9.17, 15) is 9.18 Å². The molecule has 1 aliphatic heterocycles. The molecule has 0 radical (unpaired) electrons. The standard InChI is InChI=1S/C25H21FN4O3S/c1-32-24(31)22-15-28(20-9-5-6-10-21(20)33-22)16-29-25(34)30(19-13-11-18(26)12-14-19)23(27-29)17-7-3-2-4-8-17/h2-14,22H,15-16H2,1H3/t22-/m0/s1. The lowest BCUT2D eigenvalue weighted by Crippen LogP contribution is -2.45. The molecular weight excluding hydrogens is 455 g/mol. The number of carbonyl (C=O) groups is 1. The fraction of sp³-hybridized carbons (Fsp3) is 0.160. The van der Waals surface area contributed by atoms with Gasteiger partial charge in [0.15, 0.2) is 5.82 Å². The third-order valence-corrected chi connectivity index (χ3v) is 5.98. The lowest BCUT2D eigenvalue weighted by atomic mass is 10.2. The quantitative estimate of drug-likeness (QED) is 0.310. The summed E-state index contributed by atoms with van der Waals surface area (Å²) in [6.45, 7) is 0.552. The highest BCUT2D eigenvalue weighted by Crippen LogP contribution is 2.34. The van der Waals surface area contributed by atoms with E-state index in [0.29, 0.717) is 22.0 Å². The lowest BCUT2D eigenvalue weighted by Gasteiger charge is -2.34. The van der Waals surface area contributed by atoms with Crippen molar-refractivity contribution < 1.29 is 18.7 Å². The van der Waals surface area contributed by atoms with E-state index in [4.69, 9.17) is 26.8 Å². The van der Waals surface area contributed by atoms with Crippen molar-refractivity contribution in [2.75, 3.05) is 18.6 Å². The highest BCUT2D eigenvalue weighted by atomic mass is 32.1. The molecule has 0 saturated carbocycles. The molecule has 1 aliphatic rings. The Morgan fingerprint density at radius 2 is 1.79 bits per heavy atom. The van der Waals surface area contributed by atoms with E-state index in [0.717, 1.165) is 11.3 Å². The minimum atomic E-state index is -0.776. The van der Waals surface area contributed by atoms with E-state index < -0.39 is 12.1 Å². The molecule has 3 aromatic carbocycles. The normalized spacial score (nSPS) is 14.9. The molecule has 0 fully saturated rings. The van der Waals surface area contributed by atoms with Gasteiger partial charge >= 0.3 is 5.97 Å². The van der Waals surface area contributed by atoms with E-state index in [1.807, 2.05) is 64.1 Å². The van der Waals surface area contributed by atoms with Gasteiger partial charge in [0, 0.05) is 5.56 Å². The first kappa shape index (κ1) is 21.8. The molecule has 4 aromatic rings. The Morgan fingerprint density at radius 1 is 1.09 bits per heavy atom. The Hall–Kier alpha value is -3.98. The fourth-order valence-electron chi connectivity index (χ4n) is 3.95. The summed E-state index contributed by atoms with van der Waals surface area (Å²) in [7, 11) is 1.34. The molecule has 5 rings (SSSR count). The molecule has 0 bridgehead atoms. The van der Waals surface area contributed by atoms with E-state index in [2.05, 4.69) is 0 Å². The van der Waals surface area contributed by atoms with Crippen LogP contribution in [0.3, 0.4) is 0 Å². The van der Waals surface area contributed by atoms with Crippen molar-refractivity contribution in [1.29, 1.82) is 0 Å². The number of hydrogen-bond donors (Lipinski definition) is 0. The zero-order chi connectivity index (χ0) is 23.7. The fourth-order valence-corrected chi connectivity index (χ4v) is 4.24. The second-order valence-electron chi connectivity index (χ2n) is 7.74. The van der Waals surface area contributed by atoms with Gasteiger partial charge in [0.25, 0.3) is 0 Å². The minimum absolute atomic E-state index is 0.273. The summed E-state index contributed by atoms with van der Waals surface area (Å²) in [6, 6.07) is 23.2. The molecule has 7 nitrogen and oxygen atoms in total. The second kappa shape index (κ2) is 9.11. The number of nitrogens with zero attached hydrogens (tertiary/aromatic N) is 4. The number of carbonyl (C=O) groups excluding carboxylic acids is 1. The predicted molar refractivity (Wildman–Crippen MR) is 128 cm³/mol. The topological polar surface area (TPSA) is 61.5 Å². The first-order chi connectivity index (χ1) is 16.5. The summed E-state index contributed by atoms with van der Waals surface area (Å²) < 4.78 is 28.3. The van der Waals surface area contributed by atoms with E-state index in [1.54, 1.807) is 16.8 Å². The van der Waals surface area contributed by atoms with Crippen molar-refractivity contribution in [3.8, 4) is 22.8 Å². The van der Waals surface area contributed by atoms with Crippen LogP contribution >= 0.6 is 12.2 Å². The van der Waals surface area contributed by atoms with Gasteiger partial charge in [-0.1, -0.05) is 42.5 Å². The van der Waals surface area contributed by atoms with Gasteiger partial charge in [0.05, 0.1) is 25.0 Å². The average Bonchev–Trinajstić information content (AvgIpc) is 3.20. The molecule has 0 aliphatic carbocycles. The number of rotatable bonds is 5. The zero-order valence-corrected chi connectivity index (χ0v) is 19.1. The monoisotopic (exact) mass is 476 g/mol. The van der Waals surface area contributed by atoms with E-state index in [-0.39, 0.29) is 19.0 Å². The number of halogens is 1. The van der Waals surface area contributed by atoms with Crippen LogP contribution in [-0.4, -0.2) is 40.1 Å². The van der Waals surface area contributed by atoms with Gasteiger partial charge in [-0.3, -0.25) is 4.57 Å². The number of para-hydroxylation sites is 2. The molecule has 9 heteroatoms. The van der Waals surface area contributed by atoms with Crippen LogP contribution in [0.4, 0.5) is 10.1 Å². The maximum Gasteiger partial charge on any atom is 0.348 e. The molecule has 34 heavy (non-hydrogen) atoms. The van der Waals surface area contributed by atoms with Gasteiger partial charge in [0.1, 0.15) is 18.2 Å². The SMILES string of the molecule is COC(=O)[C@@H]1CN(Cn2nc(-c3ccccc3)n(-c3ccc(F)cc3)c2=S)c2ccccc2O1. The Labute approximate surface area is 200 Å². The highest BCUT2D eigenvalue weighted by Gasteiger charge is 2.32. The first-order valence-electron chi connectivity index (χ1n) is 10.6. The van der Waals surface area contributed by atoms with Gasteiger partial charge < -0.3 is 14.4 Å². The van der Waals surface area contributed by atoms with Gasteiger partial charge in [-0.2, -0.15) is 0 Å². The summed E-state index contributed by atoms with van der Waals surface area (Å²) in [5.41, 5.74) is 2.39.